The summed E-state index contributed by atoms with van der Waals surface area (Å²) in [5.41, 5.74) is 0.712. The normalized spacial score (nSPS) is 19.1. The summed E-state index contributed by atoms with van der Waals surface area (Å²) in [4.78, 5) is 12.4. The lowest BCUT2D eigenvalue weighted by Gasteiger charge is -2.24. The minimum atomic E-state index is -3.99. The molecule has 0 aromatic heterocycles. The van der Waals surface area contributed by atoms with Crippen molar-refractivity contribution in [3.05, 3.63) is 35.5 Å². The molecule has 0 spiro atoms. The van der Waals surface area contributed by atoms with E-state index >= 15 is 0 Å². The minimum Gasteiger partial charge on any atom is -0.454 e. The number of likely N-dealkylation sites (N-methyl/N-ethyl adjacent to an activating group) is 1. The number of nitrogens with zero attached hydrogens (tertiary/aromatic N) is 2. The molecular weight excluding hydrogens is 346 g/mol. The van der Waals surface area contributed by atoms with Crippen molar-refractivity contribution < 1.29 is 22.7 Å². The predicted octanol–water partition coefficient (Wildman–Crippen LogP) is 1.19. The number of allylic oxidation sites excluding steroid dienone is 1. The van der Waals surface area contributed by atoms with Gasteiger partial charge >= 0.3 is 10.2 Å². The number of benzene rings is 1. The molecule has 134 valence electrons. The maximum atomic E-state index is 12.4. The Bertz CT molecular complexity index is 876. The van der Waals surface area contributed by atoms with Gasteiger partial charge in [-0.1, -0.05) is 6.92 Å². The Morgan fingerprint density at radius 1 is 1.36 bits per heavy atom. The molecule has 3 rings (SSSR count). The first-order valence-corrected chi connectivity index (χ1v) is 9.23. The van der Waals surface area contributed by atoms with Crippen LogP contribution in [0.15, 0.2) is 34.4 Å². The quantitative estimate of drug-likeness (QED) is 0.864. The van der Waals surface area contributed by atoms with Crippen molar-refractivity contribution >= 4 is 21.8 Å². The third-order valence-electron chi connectivity index (χ3n) is 4.06. The molecule has 2 aliphatic rings. The lowest BCUT2D eigenvalue weighted by atomic mass is 10.1. The van der Waals surface area contributed by atoms with Crippen LogP contribution in [-0.2, 0) is 15.0 Å². The first-order valence-electron chi connectivity index (χ1n) is 7.83. The lowest BCUT2D eigenvalue weighted by Crippen LogP contribution is -2.41. The van der Waals surface area contributed by atoms with E-state index in [2.05, 4.69) is 9.71 Å². The summed E-state index contributed by atoms with van der Waals surface area (Å²) in [5, 5.41) is 2.77. The third kappa shape index (κ3) is 3.32. The number of rotatable bonds is 4. The van der Waals surface area contributed by atoms with Crippen molar-refractivity contribution in [1.82, 2.24) is 9.62 Å². The van der Waals surface area contributed by atoms with Crippen LogP contribution in [0.1, 0.15) is 25.8 Å². The van der Waals surface area contributed by atoms with Gasteiger partial charge in [0.25, 0.3) is 5.91 Å². The number of fused-ring (bicyclic) bond motifs is 1. The van der Waals surface area contributed by atoms with E-state index in [1.807, 2.05) is 13.8 Å². The molecule has 8 nitrogen and oxygen atoms in total. The standard InChI is InChI=1S/C16H19N3O5S/c1-4-10(2)17-16(20)13-8-12(18-25(21,22)19(13)3)11-5-6-14-15(7-11)24-9-23-14/h5-8,10H,4,9H2,1-3H3,(H,17,20). The molecule has 1 amide bonds. The average Bonchev–Trinajstić information content (AvgIpc) is 3.04. The molecule has 9 heteroatoms. The van der Waals surface area contributed by atoms with Crippen LogP contribution in [0.25, 0.3) is 0 Å². The van der Waals surface area contributed by atoms with E-state index in [9.17, 15) is 13.2 Å². The third-order valence-corrected chi connectivity index (χ3v) is 5.38. The summed E-state index contributed by atoms with van der Waals surface area (Å²) in [6.45, 7) is 3.90. The van der Waals surface area contributed by atoms with E-state index in [0.29, 0.717) is 17.1 Å². The predicted molar refractivity (Wildman–Crippen MR) is 91.8 cm³/mol. The molecule has 0 bridgehead atoms. The first kappa shape index (κ1) is 17.3. The molecule has 2 heterocycles. The molecule has 0 fully saturated rings. The van der Waals surface area contributed by atoms with E-state index in [-0.39, 0.29) is 24.2 Å². The van der Waals surface area contributed by atoms with Gasteiger partial charge in [-0.05, 0) is 37.6 Å². The van der Waals surface area contributed by atoms with Gasteiger partial charge in [-0.3, -0.25) is 4.79 Å². The van der Waals surface area contributed by atoms with Crippen molar-refractivity contribution in [1.29, 1.82) is 0 Å². The highest BCUT2D eigenvalue weighted by atomic mass is 32.2. The Morgan fingerprint density at radius 2 is 2.08 bits per heavy atom. The van der Waals surface area contributed by atoms with Crippen LogP contribution >= 0.6 is 0 Å². The fourth-order valence-electron chi connectivity index (χ4n) is 2.36. The zero-order chi connectivity index (χ0) is 18.2. The largest absolute Gasteiger partial charge is 0.454 e. The van der Waals surface area contributed by atoms with Crippen LogP contribution in [0.4, 0.5) is 0 Å². The van der Waals surface area contributed by atoms with E-state index in [1.165, 1.54) is 13.1 Å². The fourth-order valence-corrected chi connectivity index (χ4v) is 3.27. The Hall–Kier alpha value is -2.55. The van der Waals surface area contributed by atoms with Crippen molar-refractivity contribution in [3.8, 4) is 11.5 Å². The minimum absolute atomic E-state index is 0.0166. The number of hydrogen-bond donors (Lipinski definition) is 1. The Kier molecular flexibility index (Phi) is 4.42. The molecule has 1 unspecified atom stereocenters. The monoisotopic (exact) mass is 365 g/mol. The van der Waals surface area contributed by atoms with Crippen LogP contribution in [0.2, 0.25) is 0 Å². The summed E-state index contributed by atoms with van der Waals surface area (Å²) in [7, 11) is -2.69. The molecule has 25 heavy (non-hydrogen) atoms. The highest BCUT2D eigenvalue weighted by Gasteiger charge is 2.30. The molecule has 1 aromatic rings. The molecule has 0 radical (unpaired) electrons. The lowest BCUT2D eigenvalue weighted by molar-refractivity contribution is -0.119. The summed E-state index contributed by atoms with van der Waals surface area (Å²) in [5.74, 6) is 0.628. The molecule has 0 saturated heterocycles. The summed E-state index contributed by atoms with van der Waals surface area (Å²) < 4.78 is 39.9. The SMILES string of the molecule is CCC(C)NC(=O)C1=CC(c2ccc3c(c2)OCO3)=NS(=O)(=O)N1C. The van der Waals surface area contributed by atoms with E-state index in [1.54, 1.807) is 18.2 Å². The highest BCUT2D eigenvalue weighted by molar-refractivity contribution is 7.88. The highest BCUT2D eigenvalue weighted by Crippen LogP contribution is 2.33. The van der Waals surface area contributed by atoms with Crippen LogP contribution in [0, 0.1) is 0 Å². The number of amides is 1. The van der Waals surface area contributed by atoms with Crippen molar-refractivity contribution in [3.63, 3.8) is 0 Å². The second-order valence-electron chi connectivity index (χ2n) is 5.80. The van der Waals surface area contributed by atoms with Crippen molar-refractivity contribution in [2.75, 3.05) is 13.8 Å². The maximum absolute atomic E-state index is 12.4. The first-order chi connectivity index (χ1) is 11.8. The number of carbonyl (C=O) groups excluding carboxylic acids is 1. The van der Waals surface area contributed by atoms with Gasteiger partial charge in [0.05, 0.1) is 5.71 Å². The zero-order valence-electron chi connectivity index (χ0n) is 14.1. The van der Waals surface area contributed by atoms with E-state index in [0.717, 1.165) is 10.7 Å². The average molecular weight is 365 g/mol. The Morgan fingerprint density at radius 3 is 2.80 bits per heavy atom. The van der Waals surface area contributed by atoms with Gasteiger partial charge in [-0.15, -0.1) is 4.40 Å². The van der Waals surface area contributed by atoms with Gasteiger partial charge < -0.3 is 14.8 Å². The topological polar surface area (TPSA) is 97.3 Å². The Labute approximate surface area is 146 Å². The van der Waals surface area contributed by atoms with Gasteiger partial charge in [0.1, 0.15) is 5.70 Å². The van der Waals surface area contributed by atoms with Crippen LogP contribution in [-0.4, -0.2) is 44.2 Å². The van der Waals surface area contributed by atoms with Gasteiger partial charge in [0, 0.05) is 18.7 Å². The molecule has 1 atom stereocenters. The van der Waals surface area contributed by atoms with Crippen molar-refractivity contribution in [2.45, 2.75) is 26.3 Å². The number of ether oxygens (including phenoxy) is 2. The zero-order valence-corrected chi connectivity index (χ0v) is 15.0. The molecule has 0 aliphatic carbocycles. The van der Waals surface area contributed by atoms with Crippen LogP contribution in [0.5, 0.6) is 11.5 Å². The maximum Gasteiger partial charge on any atom is 0.345 e. The second kappa shape index (κ2) is 6.40. The fraction of sp³-hybridized carbons (Fsp3) is 0.375. The second-order valence-corrected chi connectivity index (χ2v) is 7.43. The summed E-state index contributed by atoms with van der Waals surface area (Å²) in [6.07, 6.45) is 2.19. The summed E-state index contributed by atoms with van der Waals surface area (Å²) >= 11 is 0. The number of hydrogen-bond acceptors (Lipinski definition) is 5. The Balaban J connectivity index is 1.99. The van der Waals surface area contributed by atoms with E-state index < -0.39 is 16.1 Å². The summed E-state index contributed by atoms with van der Waals surface area (Å²) in [6, 6.07) is 4.92. The number of carbonyl (C=O) groups is 1. The molecular formula is C16H19N3O5S. The van der Waals surface area contributed by atoms with Crippen LogP contribution in [0.3, 0.4) is 0 Å². The van der Waals surface area contributed by atoms with Gasteiger partial charge in [-0.25, -0.2) is 4.31 Å². The molecule has 1 aromatic carbocycles. The van der Waals surface area contributed by atoms with Crippen LogP contribution < -0.4 is 14.8 Å². The number of nitrogens with one attached hydrogen (secondary N) is 1. The van der Waals surface area contributed by atoms with Gasteiger partial charge in [0.2, 0.25) is 6.79 Å². The molecule has 1 N–H and O–H groups in total. The smallest absolute Gasteiger partial charge is 0.345 e. The van der Waals surface area contributed by atoms with Crippen molar-refractivity contribution in [2.24, 2.45) is 4.40 Å². The molecule has 2 aliphatic heterocycles. The van der Waals surface area contributed by atoms with E-state index in [4.69, 9.17) is 9.47 Å². The van der Waals surface area contributed by atoms with Gasteiger partial charge in [-0.2, -0.15) is 8.42 Å². The van der Waals surface area contributed by atoms with Gasteiger partial charge in [0.15, 0.2) is 11.5 Å². The molecule has 0 saturated carbocycles.